The third-order valence-corrected chi connectivity index (χ3v) is 9.66. The van der Waals surface area contributed by atoms with Gasteiger partial charge in [0.2, 0.25) is 0 Å². The predicted octanol–water partition coefficient (Wildman–Crippen LogP) is 13.5. The molecule has 0 aliphatic heterocycles. The Kier molecular flexibility index (Phi) is 6.91. The minimum Gasteiger partial charge on any atom is -0.0622 e. The van der Waals surface area contributed by atoms with Gasteiger partial charge < -0.3 is 0 Å². The molecule has 0 heteroatoms. The van der Waals surface area contributed by atoms with Crippen molar-refractivity contribution in [1.29, 1.82) is 0 Å². The molecule has 9 aromatic rings. The summed E-state index contributed by atoms with van der Waals surface area (Å²) in [6.07, 6.45) is 0. The highest BCUT2D eigenvalue weighted by molar-refractivity contribution is 6.22. The summed E-state index contributed by atoms with van der Waals surface area (Å²) in [6.45, 7) is 0. The van der Waals surface area contributed by atoms with Crippen molar-refractivity contribution in [2.24, 2.45) is 0 Å². The molecule has 0 bridgehead atoms. The van der Waals surface area contributed by atoms with Crippen LogP contribution in [0.1, 0.15) is 0 Å². The van der Waals surface area contributed by atoms with Crippen LogP contribution in [0.4, 0.5) is 0 Å². The average molecular weight is 609 g/mol. The lowest BCUT2D eigenvalue weighted by Crippen LogP contribution is -1.92. The maximum Gasteiger partial charge on any atom is -0.00262 e. The first-order chi connectivity index (χ1) is 23.8. The molecule has 0 amide bonds. The second-order valence-corrected chi connectivity index (χ2v) is 12.5. The summed E-state index contributed by atoms with van der Waals surface area (Å²) in [5, 5.41) is 7.58. The van der Waals surface area contributed by atoms with Crippen molar-refractivity contribution >= 4 is 32.3 Å². The summed E-state index contributed by atoms with van der Waals surface area (Å²) in [7, 11) is 0. The molecule has 0 N–H and O–H groups in total. The molecular formula is C48H32. The fourth-order valence-electron chi connectivity index (χ4n) is 7.39. The Bertz CT molecular complexity index is 2570. The van der Waals surface area contributed by atoms with Crippen molar-refractivity contribution < 1.29 is 0 Å². The molecule has 9 aromatic carbocycles. The SMILES string of the molecule is c1ccc(-c2cccc(-c3ccc(-c4c5ccccc5c(-c5ccccc5)c5cc(-c6cccc7ccccc67)ccc45)cc3)c2)cc1. The van der Waals surface area contributed by atoms with E-state index in [2.05, 4.69) is 194 Å². The van der Waals surface area contributed by atoms with Crippen LogP contribution in [0, 0.1) is 0 Å². The Morgan fingerprint density at radius 1 is 0.208 bits per heavy atom. The molecule has 9 rings (SSSR count). The summed E-state index contributed by atoms with van der Waals surface area (Å²) < 4.78 is 0. The fraction of sp³-hybridized carbons (Fsp3) is 0. The second-order valence-electron chi connectivity index (χ2n) is 12.5. The molecule has 224 valence electrons. The zero-order valence-corrected chi connectivity index (χ0v) is 26.5. The van der Waals surface area contributed by atoms with E-state index in [-0.39, 0.29) is 0 Å². The maximum atomic E-state index is 2.42. The Morgan fingerprint density at radius 3 is 1.35 bits per heavy atom. The van der Waals surface area contributed by atoms with Crippen LogP contribution in [0.15, 0.2) is 194 Å². The van der Waals surface area contributed by atoms with E-state index in [1.807, 2.05) is 0 Å². The van der Waals surface area contributed by atoms with Gasteiger partial charge in [-0.2, -0.15) is 0 Å². The van der Waals surface area contributed by atoms with Gasteiger partial charge in [0.05, 0.1) is 0 Å². The van der Waals surface area contributed by atoms with Crippen LogP contribution in [0.2, 0.25) is 0 Å². The van der Waals surface area contributed by atoms with Gasteiger partial charge in [-0.05, 0) is 100 Å². The molecule has 0 fully saturated rings. The van der Waals surface area contributed by atoms with Crippen molar-refractivity contribution in [3.63, 3.8) is 0 Å². The molecule has 0 aliphatic rings. The van der Waals surface area contributed by atoms with Gasteiger partial charge in [-0.3, -0.25) is 0 Å². The molecular weight excluding hydrogens is 577 g/mol. The highest BCUT2D eigenvalue weighted by atomic mass is 14.2. The quantitative estimate of drug-likeness (QED) is 0.171. The molecule has 0 atom stereocenters. The summed E-state index contributed by atoms with van der Waals surface area (Å²) in [4.78, 5) is 0. The van der Waals surface area contributed by atoms with E-state index in [1.165, 1.54) is 88.0 Å². The Hall–Kier alpha value is -6.24. The normalized spacial score (nSPS) is 11.3. The summed E-state index contributed by atoms with van der Waals surface area (Å²) in [6, 6.07) is 70.7. The molecule has 0 aromatic heterocycles. The van der Waals surface area contributed by atoms with E-state index in [4.69, 9.17) is 0 Å². The van der Waals surface area contributed by atoms with Crippen LogP contribution in [-0.4, -0.2) is 0 Å². The summed E-state index contributed by atoms with van der Waals surface area (Å²) in [5.41, 5.74) is 12.4. The number of fused-ring (bicyclic) bond motifs is 3. The van der Waals surface area contributed by atoms with Gasteiger partial charge in [0.25, 0.3) is 0 Å². The van der Waals surface area contributed by atoms with Crippen LogP contribution in [0.25, 0.3) is 88.0 Å². The Balaban J connectivity index is 1.26. The zero-order valence-electron chi connectivity index (χ0n) is 26.5. The average Bonchev–Trinajstić information content (AvgIpc) is 3.17. The van der Waals surface area contributed by atoms with Gasteiger partial charge in [-0.25, -0.2) is 0 Å². The van der Waals surface area contributed by atoms with Crippen LogP contribution in [0.5, 0.6) is 0 Å². The highest BCUT2D eigenvalue weighted by Crippen LogP contribution is 2.45. The van der Waals surface area contributed by atoms with Gasteiger partial charge in [0.15, 0.2) is 0 Å². The fourth-order valence-corrected chi connectivity index (χ4v) is 7.39. The van der Waals surface area contributed by atoms with Gasteiger partial charge >= 0.3 is 0 Å². The highest BCUT2D eigenvalue weighted by Gasteiger charge is 2.18. The number of benzene rings is 9. The molecule has 0 radical (unpaired) electrons. The van der Waals surface area contributed by atoms with Crippen molar-refractivity contribution in [2.75, 3.05) is 0 Å². The first-order valence-electron chi connectivity index (χ1n) is 16.6. The van der Waals surface area contributed by atoms with Crippen LogP contribution in [-0.2, 0) is 0 Å². The number of hydrogen-bond donors (Lipinski definition) is 0. The van der Waals surface area contributed by atoms with Crippen LogP contribution >= 0.6 is 0 Å². The molecule has 0 saturated carbocycles. The lowest BCUT2D eigenvalue weighted by molar-refractivity contribution is 1.58. The van der Waals surface area contributed by atoms with Gasteiger partial charge in [0, 0.05) is 0 Å². The smallest absolute Gasteiger partial charge is 0.00262 e. The van der Waals surface area contributed by atoms with Gasteiger partial charge in [-0.1, -0.05) is 182 Å². The minimum absolute atomic E-state index is 1.21. The van der Waals surface area contributed by atoms with Crippen molar-refractivity contribution in [2.45, 2.75) is 0 Å². The summed E-state index contributed by atoms with van der Waals surface area (Å²) in [5.74, 6) is 0. The van der Waals surface area contributed by atoms with E-state index in [1.54, 1.807) is 0 Å². The standard InChI is InChI=1S/C48H32/c1-3-13-33(14-4-1)38-19-11-20-39(31-38)34-25-27-37(28-26-34)47-43-22-9-10-23-44(43)48(36-16-5-2-6-17-36)46-32-40(29-30-45(46)47)42-24-12-18-35-15-7-8-21-41(35)42/h1-32H. The first-order valence-corrected chi connectivity index (χ1v) is 16.6. The largest absolute Gasteiger partial charge is 0.0622 e. The topological polar surface area (TPSA) is 0 Å². The lowest BCUT2D eigenvalue weighted by Gasteiger charge is -2.19. The maximum absolute atomic E-state index is 2.42. The molecule has 0 aliphatic carbocycles. The predicted molar refractivity (Wildman–Crippen MR) is 206 cm³/mol. The van der Waals surface area contributed by atoms with E-state index in [0.717, 1.165) is 0 Å². The molecule has 0 spiro atoms. The Labute approximate surface area is 281 Å². The van der Waals surface area contributed by atoms with Crippen LogP contribution < -0.4 is 0 Å². The van der Waals surface area contributed by atoms with Crippen molar-refractivity contribution in [1.82, 2.24) is 0 Å². The molecule has 0 heterocycles. The second kappa shape index (κ2) is 11.8. The first kappa shape index (κ1) is 28.0. The monoisotopic (exact) mass is 608 g/mol. The number of rotatable bonds is 5. The van der Waals surface area contributed by atoms with E-state index in [0.29, 0.717) is 0 Å². The number of hydrogen-bond acceptors (Lipinski definition) is 0. The third-order valence-electron chi connectivity index (χ3n) is 9.66. The van der Waals surface area contributed by atoms with Gasteiger partial charge in [0.1, 0.15) is 0 Å². The molecule has 48 heavy (non-hydrogen) atoms. The van der Waals surface area contributed by atoms with Crippen molar-refractivity contribution in [3.8, 4) is 55.6 Å². The van der Waals surface area contributed by atoms with Crippen LogP contribution in [0.3, 0.4) is 0 Å². The molecule has 0 saturated heterocycles. The van der Waals surface area contributed by atoms with Gasteiger partial charge in [-0.15, -0.1) is 0 Å². The van der Waals surface area contributed by atoms with E-state index < -0.39 is 0 Å². The van der Waals surface area contributed by atoms with Crippen molar-refractivity contribution in [3.05, 3.63) is 194 Å². The van der Waals surface area contributed by atoms with E-state index in [9.17, 15) is 0 Å². The molecule has 0 unspecified atom stereocenters. The third kappa shape index (κ3) is 4.87. The lowest BCUT2D eigenvalue weighted by atomic mass is 9.84. The summed E-state index contributed by atoms with van der Waals surface area (Å²) >= 11 is 0. The zero-order chi connectivity index (χ0) is 31.9. The minimum atomic E-state index is 1.21. The Morgan fingerprint density at radius 2 is 0.646 bits per heavy atom. The molecule has 0 nitrogen and oxygen atoms in total. The van der Waals surface area contributed by atoms with E-state index >= 15 is 0 Å².